The number of sulfonamides is 1. The minimum Gasteiger partial charge on any atom is -0.497 e. The fourth-order valence-electron chi connectivity index (χ4n) is 5.49. The first kappa shape index (κ1) is 32.1. The topological polar surface area (TPSA) is 96.0 Å². The summed E-state index contributed by atoms with van der Waals surface area (Å²) >= 11 is 0. The summed E-state index contributed by atoms with van der Waals surface area (Å²) in [4.78, 5) is 29.6. The van der Waals surface area contributed by atoms with E-state index in [1.54, 1.807) is 48.5 Å². The van der Waals surface area contributed by atoms with E-state index < -0.39 is 28.5 Å². The van der Waals surface area contributed by atoms with E-state index >= 15 is 0 Å². The Kier molecular flexibility index (Phi) is 10.9. The number of anilines is 1. The summed E-state index contributed by atoms with van der Waals surface area (Å²) in [6, 6.07) is 20.3. The third-order valence-electron chi connectivity index (χ3n) is 8.04. The molecule has 0 aromatic heterocycles. The van der Waals surface area contributed by atoms with E-state index in [-0.39, 0.29) is 23.4 Å². The Morgan fingerprint density at radius 2 is 1.56 bits per heavy atom. The molecule has 3 aromatic rings. The molecule has 8 nitrogen and oxygen atoms in total. The number of carbonyl (C=O) groups is 2. The van der Waals surface area contributed by atoms with Gasteiger partial charge in [-0.3, -0.25) is 13.9 Å². The molecule has 1 atom stereocenters. The molecule has 0 unspecified atom stereocenters. The smallest absolute Gasteiger partial charge is 0.264 e. The van der Waals surface area contributed by atoms with Crippen molar-refractivity contribution in [2.45, 2.75) is 82.8 Å². The van der Waals surface area contributed by atoms with Gasteiger partial charge in [0.2, 0.25) is 11.8 Å². The van der Waals surface area contributed by atoms with E-state index in [0.717, 1.165) is 53.1 Å². The van der Waals surface area contributed by atoms with Crippen molar-refractivity contribution in [2.75, 3.05) is 18.0 Å². The van der Waals surface area contributed by atoms with Gasteiger partial charge in [-0.2, -0.15) is 0 Å². The Bertz CT molecular complexity index is 1480. The van der Waals surface area contributed by atoms with Gasteiger partial charge >= 0.3 is 0 Å². The van der Waals surface area contributed by atoms with Crippen LogP contribution in [0.5, 0.6) is 5.75 Å². The Morgan fingerprint density at radius 1 is 0.930 bits per heavy atom. The highest BCUT2D eigenvalue weighted by Gasteiger charge is 2.34. The van der Waals surface area contributed by atoms with Gasteiger partial charge in [0.1, 0.15) is 18.3 Å². The van der Waals surface area contributed by atoms with Crippen molar-refractivity contribution in [1.82, 2.24) is 10.2 Å². The summed E-state index contributed by atoms with van der Waals surface area (Å²) in [5, 5.41) is 3.18. The van der Waals surface area contributed by atoms with Gasteiger partial charge < -0.3 is 15.0 Å². The summed E-state index contributed by atoms with van der Waals surface area (Å²) in [6.45, 7) is 5.44. The average Bonchev–Trinajstić information content (AvgIpc) is 3.01. The molecule has 0 spiro atoms. The van der Waals surface area contributed by atoms with Crippen LogP contribution in [0.3, 0.4) is 0 Å². The number of nitrogens with one attached hydrogen (secondary N) is 1. The molecule has 9 heteroatoms. The number of ether oxygens (including phenoxy) is 1. The first-order valence-corrected chi connectivity index (χ1v) is 16.4. The van der Waals surface area contributed by atoms with Crippen LogP contribution in [0.4, 0.5) is 5.69 Å². The largest absolute Gasteiger partial charge is 0.497 e. The highest BCUT2D eigenvalue weighted by atomic mass is 32.2. The maximum Gasteiger partial charge on any atom is 0.264 e. The highest BCUT2D eigenvalue weighted by Crippen LogP contribution is 2.28. The van der Waals surface area contributed by atoms with Crippen molar-refractivity contribution >= 4 is 27.5 Å². The van der Waals surface area contributed by atoms with Crippen LogP contribution in [0.2, 0.25) is 0 Å². The zero-order chi connectivity index (χ0) is 31.0. The number of benzene rings is 3. The minimum atomic E-state index is -4.15. The molecule has 2 amide bonds. The Morgan fingerprint density at radius 3 is 2.16 bits per heavy atom. The number of hydrogen-bond donors (Lipinski definition) is 1. The molecule has 0 bridgehead atoms. The molecule has 1 N–H and O–H groups in total. The van der Waals surface area contributed by atoms with Gasteiger partial charge in [0.15, 0.2) is 0 Å². The molecule has 4 rings (SSSR count). The van der Waals surface area contributed by atoms with Crippen LogP contribution in [-0.2, 0) is 26.2 Å². The second-order valence-corrected chi connectivity index (χ2v) is 13.2. The zero-order valence-corrected chi connectivity index (χ0v) is 26.4. The molecule has 0 aliphatic heterocycles. The lowest BCUT2D eigenvalue weighted by molar-refractivity contribution is -0.140. The summed E-state index contributed by atoms with van der Waals surface area (Å²) < 4.78 is 34.6. The second kappa shape index (κ2) is 14.6. The predicted octanol–water partition coefficient (Wildman–Crippen LogP) is 5.76. The molecule has 230 valence electrons. The Balaban J connectivity index is 1.71. The predicted molar refractivity (Wildman–Crippen MR) is 170 cm³/mol. The number of nitrogens with zero attached hydrogens (tertiary/aromatic N) is 2. The molecule has 1 aliphatic carbocycles. The van der Waals surface area contributed by atoms with Gasteiger partial charge in [0.25, 0.3) is 10.0 Å². The lowest BCUT2D eigenvalue weighted by atomic mass is 9.95. The lowest BCUT2D eigenvalue weighted by Crippen LogP contribution is -2.54. The molecule has 43 heavy (non-hydrogen) atoms. The number of rotatable bonds is 12. The molecule has 0 heterocycles. The van der Waals surface area contributed by atoms with Gasteiger partial charge in [-0.05, 0) is 62.9 Å². The van der Waals surface area contributed by atoms with Crippen LogP contribution in [0, 0.1) is 13.8 Å². The average molecular weight is 606 g/mol. The van der Waals surface area contributed by atoms with E-state index in [1.807, 2.05) is 45.0 Å². The van der Waals surface area contributed by atoms with Crippen molar-refractivity contribution in [2.24, 2.45) is 0 Å². The van der Waals surface area contributed by atoms with Gasteiger partial charge in [0, 0.05) is 18.7 Å². The monoisotopic (exact) mass is 605 g/mol. The molecule has 1 saturated carbocycles. The lowest BCUT2D eigenvalue weighted by Gasteiger charge is -2.34. The Hall–Kier alpha value is -3.85. The summed E-state index contributed by atoms with van der Waals surface area (Å²) in [6.07, 6.45) is 5.54. The van der Waals surface area contributed by atoms with Crippen molar-refractivity contribution < 1.29 is 22.7 Å². The molecule has 1 fully saturated rings. The third-order valence-corrected chi connectivity index (χ3v) is 9.83. The van der Waals surface area contributed by atoms with Crippen LogP contribution in [-0.4, -0.2) is 50.9 Å². The second-order valence-electron chi connectivity index (χ2n) is 11.3. The number of hydrogen-bond acceptors (Lipinski definition) is 5. The quantitative estimate of drug-likeness (QED) is 0.283. The maximum absolute atomic E-state index is 14.3. The van der Waals surface area contributed by atoms with Gasteiger partial charge in [0.05, 0.1) is 17.7 Å². The zero-order valence-electron chi connectivity index (χ0n) is 25.6. The van der Waals surface area contributed by atoms with Crippen molar-refractivity contribution in [1.29, 1.82) is 0 Å². The normalized spacial score (nSPS) is 14.5. The van der Waals surface area contributed by atoms with Gasteiger partial charge in [-0.1, -0.05) is 79.8 Å². The molecular weight excluding hydrogens is 562 g/mol. The standard InChI is InChI=1S/C34H43N3O5S/c1-5-32(34(39)35-28-10-7-6-8-11-28)36(23-27-18-14-25(2)15-19-27)33(38)24-37(29-12-9-13-30(22-29)42-4)43(40,41)31-20-16-26(3)17-21-31/h9,12-22,28,32H,5-8,10-11,23-24H2,1-4H3,(H,35,39)/t32-/m1/s1. The molecule has 0 saturated heterocycles. The fourth-order valence-corrected chi connectivity index (χ4v) is 6.89. The van der Waals surface area contributed by atoms with Crippen molar-refractivity contribution in [3.05, 3.63) is 89.5 Å². The first-order chi connectivity index (χ1) is 20.6. The van der Waals surface area contributed by atoms with Crippen molar-refractivity contribution in [3.63, 3.8) is 0 Å². The minimum absolute atomic E-state index is 0.0703. The van der Waals surface area contributed by atoms with Crippen LogP contribution >= 0.6 is 0 Å². The van der Waals surface area contributed by atoms with E-state index in [2.05, 4.69) is 5.32 Å². The summed E-state index contributed by atoms with van der Waals surface area (Å²) in [5.41, 5.74) is 3.15. The van der Waals surface area contributed by atoms with Crippen LogP contribution in [0.25, 0.3) is 0 Å². The summed E-state index contributed by atoms with van der Waals surface area (Å²) in [5.74, 6) is -0.210. The molecular formula is C34H43N3O5S. The Labute approximate surface area is 256 Å². The fraction of sp³-hybridized carbons (Fsp3) is 0.412. The number of aryl methyl sites for hydroxylation is 2. The molecule has 0 radical (unpaired) electrons. The van der Waals surface area contributed by atoms with E-state index in [4.69, 9.17) is 4.74 Å². The number of amides is 2. The van der Waals surface area contributed by atoms with E-state index in [0.29, 0.717) is 17.9 Å². The van der Waals surface area contributed by atoms with E-state index in [1.165, 1.54) is 12.0 Å². The van der Waals surface area contributed by atoms with Gasteiger partial charge in [-0.15, -0.1) is 0 Å². The van der Waals surface area contributed by atoms with Crippen molar-refractivity contribution in [3.8, 4) is 5.75 Å². The number of carbonyl (C=O) groups excluding carboxylic acids is 2. The van der Waals surface area contributed by atoms with Gasteiger partial charge in [-0.25, -0.2) is 8.42 Å². The SMILES string of the molecule is CC[C@H](C(=O)NC1CCCCC1)N(Cc1ccc(C)cc1)C(=O)CN(c1cccc(OC)c1)S(=O)(=O)c1ccc(C)cc1. The summed E-state index contributed by atoms with van der Waals surface area (Å²) in [7, 11) is -2.65. The third kappa shape index (κ3) is 8.16. The molecule has 3 aromatic carbocycles. The first-order valence-electron chi connectivity index (χ1n) is 15.0. The van der Waals surface area contributed by atoms with E-state index in [9.17, 15) is 18.0 Å². The van der Waals surface area contributed by atoms with Crippen LogP contribution < -0.4 is 14.4 Å². The van der Waals surface area contributed by atoms with Crippen LogP contribution in [0.15, 0.2) is 77.7 Å². The maximum atomic E-state index is 14.3. The number of methoxy groups -OCH3 is 1. The highest BCUT2D eigenvalue weighted by molar-refractivity contribution is 7.92. The van der Waals surface area contributed by atoms with Crippen LogP contribution in [0.1, 0.15) is 62.1 Å². The molecule has 1 aliphatic rings.